The summed E-state index contributed by atoms with van der Waals surface area (Å²) < 4.78 is 17.1. The molecule has 3 aromatic rings. The number of unbranched alkanes of at least 4 members (excludes halogenated alkanes) is 2. The van der Waals surface area contributed by atoms with Crippen LogP contribution in [0.3, 0.4) is 0 Å². The van der Waals surface area contributed by atoms with Gasteiger partial charge < -0.3 is 61.7 Å². The van der Waals surface area contributed by atoms with Gasteiger partial charge in [0.05, 0.1) is 49.6 Å². The Morgan fingerprint density at radius 1 is 0.849 bits per heavy atom. The number of hydrogen-bond acceptors (Lipinski definition) is 11. The van der Waals surface area contributed by atoms with Crippen molar-refractivity contribution in [2.45, 2.75) is 114 Å². The van der Waals surface area contributed by atoms with Gasteiger partial charge in [0, 0.05) is 86.4 Å². The maximum Gasteiger partial charge on any atom is 0.315 e. The summed E-state index contributed by atoms with van der Waals surface area (Å²) in [5.41, 5.74) is 18.3. The van der Waals surface area contributed by atoms with Crippen LogP contribution in [0.5, 0.6) is 0 Å². The van der Waals surface area contributed by atoms with Crippen LogP contribution in [0.2, 0.25) is 0 Å². The number of nitrogens with one attached hydrogen (secondary N) is 5. The summed E-state index contributed by atoms with van der Waals surface area (Å²) >= 11 is 1.90. The number of aryl methyl sites for hydroxylation is 1. The standard InChI is InChI=1S/C54H79N9O9S/c1-4-47(65)58-42-14-9-13-38(36(42)2)39-21-22-41(53(56)68)51-50(39)40-20-19-37(33-43(40)59-51)34-62(3)24-7-8-25-63(49(67)18-10-16-46(55)64)26-12-28-71-30-32-72-31-29-70-27-11-23-57-48(66)17-6-5-15-45-52-44(35-73-45)60-54(69)61-52/h4,9,13-14,21-22,37,44-45,52,59H,1,5-8,10-12,15-20,23-35H2,2-3H3,(H2,55,64)(H2,56,68)(H,57,66)(H,58,65)(H2,60,61,69)/t37?,44-,45-,52-/m0/s1. The molecule has 2 fully saturated rings. The third-order valence-electron chi connectivity index (χ3n) is 14.1. The predicted molar refractivity (Wildman–Crippen MR) is 286 cm³/mol. The van der Waals surface area contributed by atoms with Gasteiger partial charge in [0.15, 0.2) is 0 Å². The van der Waals surface area contributed by atoms with Crippen LogP contribution in [0.15, 0.2) is 43.0 Å². The van der Waals surface area contributed by atoms with Crippen LogP contribution >= 0.6 is 11.8 Å². The minimum absolute atomic E-state index is 0.0184. The lowest BCUT2D eigenvalue weighted by Crippen LogP contribution is -2.36. The van der Waals surface area contributed by atoms with E-state index in [1.54, 1.807) is 6.07 Å². The van der Waals surface area contributed by atoms with Crippen LogP contribution in [0, 0.1) is 12.8 Å². The van der Waals surface area contributed by atoms with E-state index in [0.717, 1.165) is 110 Å². The highest BCUT2D eigenvalue weighted by Gasteiger charge is 2.42. The second-order valence-corrected chi connectivity index (χ2v) is 20.8. The van der Waals surface area contributed by atoms with Gasteiger partial charge in [0.1, 0.15) is 0 Å². The first-order valence-corrected chi connectivity index (χ1v) is 27.3. The molecule has 400 valence electrons. The molecule has 0 saturated carbocycles. The van der Waals surface area contributed by atoms with E-state index in [1.807, 2.05) is 47.9 Å². The molecule has 1 unspecified atom stereocenters. The normalized spacial score (nSPS) is 18.0. The Morgan fingerprint density at radius 2 is 1.59 bits per heavy atom. The van der Waals surface area contributed by atoms with Gasteiger partial charge in [0.25, 0.3) is 5.91 Å². The molecule has 0 spiro atoms. The fourth-order valence-electron chi connectivity index (χ4n) is 10.3. The van der Waals surface area contributed by atoms with Gasteiger partial charge in [-0.05, 0) is 131 Å². The summed E-state index contributed by atoms with van der Waals surface area (Å²) in [5.74, 6) is 0.254. The van der Waals surface area contributed by atoms with Crippen LogP contribution in [0.1, 0.15) is 104 Å². The van der Waals surface area contributed by atoms with Crippen LogP contribution in [0.4, 0.5) is 10.5 Å². The zero-order valence-electron chi connectivity index (χ0n) is 43.0. The molecule has 9 N–H and O–H groups in total. The van der Waals surface area contributed by atoms with Crippen molar-refractivity contribution in [3.05, 3.63) is 65.4 Å². The molecule has 3 heterocycles. The minimum Gasteiger partial charge on any atom is -0.379 e. The molecular weight excluding hydrogens is 951 g/mol. The Balaban J connectivity index is 0.834. The molecule has 4 atom stereocenters. The topological polar surface area (TPSA) is 253 Å². The number of anilines is 1. The Kier molecular flexibility index (Phi) is 22.9. The van der Waals surface area contributed by atoms with E-state index < -0.39 is 11.8 Å². The summed E-state index contributed by atoms with van der Waals surface area (Å²) in [4.78, 5) is 81.0. The number of hydrogen-bond donors (Lipinski definition) is 7. The van der Waals surface area contributed by atoms with Crippen LogP contribution in [-0.2, 0) is 46.2 Å². The van der Waals surface area contributed by atoms with Crippen molar-refractivity contribution in [2.24, 2.45) is 17.4 Å². The van der Waals surface area contributed by atoms with E-state index in [0.29, 0.717) is 101 Å². The van der Waals surface area contributed by atoms with Crippen molar-refractivity contribution in [3.8, 4) is 11.1 Å². The number of carbonyl (C=O) groups excluding carboxylic acids is 6. The Hall–Kier alpha value is -5.47. The lowest BCUT2D eigenvalue weighted by molar-refractivity contribution is -0.131. The van der Waals surface area contributed by atoms with E-state index in [4.69, 9.17) is 25.7 Å². The largest absolute Gasteiger partial charge is 0.379 e. The second kappa shape index (κ2) is 29.4. The molecule has 18 nitrogen and oxygen atoms in total. The second-order valence-electron chi connectivity index (χ2n) is 19.6. The van der Waals surface area contributed by atoms with Gasteiger partial charge in [-0.15, -0.1) is 0 Å². The Bertz CT molecular complexity index is 2360. The van der Waals surface area contributed by atoms with Crippen molar-refractivity contribution in [1.82, 2.24) is 30.7 Å². The fraction of sp³-hybridized carbons (Fsp3) is 0.593. The number of benzene rings is 2. The number of ether oxygens (including phenoxy) is 3. The van der Waals surface area contributed by atoms with Gasteiger partial charge in [-0.25, -0.2) is 4.79 Å². The number of urea groups is 1. The van der Waals surface area contributed by atoms with Crippen LogP contribution in [0.25, 0.3) is 22.0 Å². The number of amides is 7. The summed E-state index contributed by atoms with van der Waals surface area (Å²) in [6.07, 6.45) is 11.3. The molecule has 1 aliphatic carbocycles. The number of nitrogens with two attached hydrogens (primary N) is 2. The van der Waals surface area contributed by atoms with Crippen molar-refractivity contribution in [2.75, 3.05) is 90.5 Å². The van der Waals surface area contributed by atoms with E-state index >= 15 is 0 Å². The molecule has 6 rings (SSSR count). The first-order chi connectivity index (χ1) is 35.3. The number of primary amides is 2. The Labute approximate surface area is 434 Å². The maximum atomic E-state index is 13.2. The third-order valence-corrected chi connectivity index (χ3v) is 15.6. The lowest BCUT2D eigenvalue weighted by Gasteiger charge is -2.28. The summed E-state index contributed by atoms with van der Waals surface area (Å²) in [5, 5.41) is 13.3. The molecule has 7 amide bonds. The van der Waals surface area contributed by atoms with E-state index in [-0.39, 0.29) is 48.7 Å². The molecule has 1 aromatic heterocycles. The predicted octanol–water partition coefficient (Wildman–Crippen LogP) is 5.34. The van der Waals surface area contributed by atoms with Crippen LogP contribution in [-0.4, -0.2) is 153 Å². The van der Waals surface area contributed by atoms with Crippen LogP contribution < -0.4 is 32.7 Å². The number of aromatic amines is 1. The molecule has 2 saturated heterocycles. The van der Waals surface area contributed by atoms with Gasteiger partial charge in [0.2, 0.25) is 23.6 Å². The van der Waals surface area contributed by atoms with Gasteiger partial charge in [-0.2, -0.15) is 11.8 Å². The highest BCUT2D eigenvalue weighted by molar-refractivity contribution is 8.00. The SMILES string of the molecule is C=CC(=O)Nc1cccc(-c2ccc(C(N)=O)c3[nH]c4c(c23)CCC(CN(C)CCCCN(CCCOCCOCCOCCCNC(=O)CCCC[C@@H]2SC[C@@H]3NC(=O)N[C@@H]32)C(=O)CCCC(N)=O)C4)c1C. The summed E-state index contributed by atoms with van der Waals surface area (Å²) in [6.45, 7) is 11.9. The van der Waals surface area contributed by atoms with Gasteiger partial charge >= 0.3 is 6.03 Å². The average Bonchev–Trinajstić information content (AvgIpc) is 4.05. The smallest absolute Gasteiger partial charge is 0.315 e. The molecule has 0 radical (unpaired) electrons. The lowest BCUT2D eigenvalue weighted by atomic mass is 9.84. The molecule has 0 bridgehead atoms. The molecule has 19 heteroatoms. The third kappa shape index (κ3) is 17.3. The number of carbonyl (C=O) groups is 6. The minimum atomic E-state index is -0.487. The number of thioether (sulfide) groups is 1. The van der Waals surface area contributed by atoms with Gasteiger partial charge in [-0.3, -0.25) is 24.0 Å². The highest BCUT2D eigenvalue weighted by atomic mass is 32.2. The van der Waals surface area contributed by atoms with Crippen molar-refractivity contribution < 1.29 is 43.0 Å². The van der Waals surface area contributed by atoms with Crippen molar-refractivity contribution in [3.63, 3.8) is 0 Å². The first-order valence-electron chi connectivity index (χ1n) is 26.3. The van der Waals surface area contributed by atoms with E-state index in [2.05, 4.69) is 44.8 Å². The zero-order valence-corrected chi connectivity index (χ0v) is 43.8. The summed E-state index contributed by atoms with van der Waals surface area (Å²) in [6, 6.07) is 9.92. The molecule has 2 aromatic carbocycles. The zero-order chi connectivity index (χ0) is 52.1. The number of aromatic nitrogens is 1. The maximum absolute atomic E-state index is 13.2. The highest BCUT2D eigenvalue weighted by Crippen LogP contribution is 2.41. The molecule has 2 aliphatic heterocycles. The van der Waals surface area contributed by atoms with Gasteiger partial charge in [-0.1, -0.05) is 31.2 Å². The first kappa shape index (κ1) is 56.8. The monoisotopic (exact) mass is 1030 g/mol. The number of fused-ring (bicyclic) bond motifs is 4. The number of rotatable bonds is 34. The van der Waals surface area contributed by atoms with Crippen molar-refractivity contribution in [1.29, 1.82) is 0 Å². The fourth-order valence-corrected chi connectivity index (χ4v) is 11.8. The summed E-state index contributed by atoms with van der Waals surface area (Å²) in [7, 11) is 2.14. The number of nitrogens with zero attached hydrogens (tertiary/aromatic N) is 2. The Morgan fingerprint density at radius 3 is 2.34 bits per heavy atom. The van der Waals surface area contributed by atoms with E-state index in [9.17, 15) is 28.8 Å². The van der Waals surface area contributed by atoms with Crippen molar-refractivity contribution >= 4 is 63.9 Å². The molecule has 3 aliphatic rings. The van der Waals surface area contributed by atoms with E-state index in [1.165, 1.54) is 11.6 Å². The quantitative estimate of drug-likeness (QED) is 0.0228. The molecular formula is C54H79N9O9S. The average molecular weight is 1030 g/mol. The molecule has 73 heavy (non-hydrogen) atoms. The number of H-pyrrole nitrogens is 1.